The molecule has 1 spiro atoms. The van der Waals surface area contributed by atoms with Gasteiger partial charge < -0.3 is 11.1 Å². The Kier molecular flexibility index (Phi) is 3.77. The Labute approximate surface area is 177 Å². The highest BCUT2D eigenvalue weighted by molar-refractivity contribution is 6.08. The Balaban J connectivity index is 1.23. The Hall–Kier alpha value is -3.33. The maximum absolute atomic E-state index is 12.3. The number of amides is 1. The molecule has 0 bridgehead atoms. The second-order valence-corrected chi connectivity index (χ2v) is 9.16. The number of primary amides is 1. The number of rotatable bonds is 3. The van der Waals surface area contributed by atoms with Gasteiger partial charge in [-0.3, -0.25) is 19.1 Å². The fourth-order valence-corrected chi connectivity index (χ4v) is 5.86. The molecule has 0 saturated heterocycles. The van der Waals surface area contributed by atoms with Crippen LogP contribution in [0.4, 0.5) is 0 Å². The fourth-order valence-electron chi connectivity index (χ4n) is 5.86. The van der Waals surface area contributed by atoms with Gasteiger partial charge in [-0.05, 0) is 37.2 Å². The highest BCUT2D eigenvalue weighted by Crippen LogP contribution is 2.65. The van der Waals surface area contributed by atoms with Gasteiger partial charge in [0.05, 0.1) is 34.9 Å². The van der Waals surface area contributed by atoms with Crippen LogP contribution < -0.4 is 16.6 Å². The van der Waals surface area contributed by atoms with Gasteiger partial charge in [0, 0.05) is 17.8 Å². The molecule has 9 heteroatoms. The number of aromatic nitrogens is 4. The molecule has 1 aliphatic heterocycles. The van der Waals surface area contributed by atoms with Crippen LogP contribution in [-0.2, 0) is 6.54 Å². The number of H-pyrrole nitrogens is 1. The molecule has 1 amide bonds. The largest absolute Gasteiger partial charge is 0.364 e. The Morgan fingerprint density at radius 3 is 2.58 bits per heavy atom. The molecule has 9 nitrogen and oxygen atoms in total. The normalized spacial score (nSPS) is 27.0. The van der Waals surface area contributed by atoms with E-state index in [4.69, 9.17) is 5.73 Å². The van der Waals surface area contributed by atoms with Crippen LogP contribution in [0.3, 0.4) is 0 Å². The maximum atomic E-state index is 12.3. The minimum atomic E-state index is -0.654. The van der Waals surface area contributed by atoms with Crippen LogP contribution in [-0.4, -0.2) is 38.2 Å². The first-order chi connectivity index (χ1) is 15.0. The van der Waals surface area contributed by atoms with Crippen molar-refractivity contribution in [2.24, 2.45) is 11.1 Å². The number of hydrogen-bond donors (Lipinski definition) is 3. The first kappa shape index (κ1) is 18.4. The van der Waals surface area contributed by atoms with Gasteiger partial charge in [-0.25, -0.2) is 5.10 Å². The van der Waals surface area contributed by atoms with Gasteiger partial charge >= 0.3 is 0 Å². The summed E-state index contributed by atoms with van der Waals surface area (Å²) in [4.78, 5) is 36.2. The Morgan fingerprint density at radius 2 is 1.84 bits per heavy atom. The van der Waals surface area contributed by atoms with E-state index in [-0.39, 0.29) is 35.0 Å². The van der Waals surface area contributed by atoms with Crippen LogP contribution >= 0.6 is 0 Å². The van der Waals surface area contributed by atoms with Gasteiger partial charge in [-0.2, -0.15) is 10.2 Å². The van der Waals surface area contributed by atoms with Crippen LogP contribution in [0, 0.1) is 5.41 Å². The predicted molar refractivity (Wildman–Crippen MR) is 112 cm³/mol. The van der Waals surface area contributed by atoms with Crippen molar-refractivity contribution in [2.45, 2.75) is 44.2 Å². The molecule has 2 aromatic heterocycles. The third kappa shape index (κ3) is 2.62. The van der Waals surface area contributed by atoms with Crippen molar-refractivity contribution in [3.8, 4) is 0 Å². The van der Waals surface area contributed by atoms with E-state index in [1.807, 2.05) is 28.9 Å². The number of fused-ring (bicyclic) bond motifs is 2. The number of aromatic amines is 1. The summed E-state index contributed by atoms with van der Waals surface area (Å²) < 4.78 is 1.85. The van der Waals surface area contributed by atoms with E-state index in [0.717, 1.165) is 42.5 Å². The monoisotopic (exact) mass is 418 g/mol. The van der Waals surface area contributed by atoms with Crippen LogP contribution in [0.15, 0.2) is 29.1 Å². The number of nitrogens with zero attached hydrogens (tertiary/aromatic N) is 3. The molecule has 2 saturated carbocycles. The van der Waals surface area contributed by atoms with Crippen LogP contribution in [0.2, 0.25) is 0 Å². The molecule has 3 heterocycles. The second kappa shape index (κ2) is 6.34. The third-order valence-corrected chi connectivity index (χ3v) is 7.25. The summed E-state index contributed by atoms with van der Waals surface area (Å²) in [6, 6.07) is 7.76. The summed E-state index contributed by atoms with van der Waals surface area (Å²) in [5, 5.41) is 16.1. The molecule has 4 N–H and O–H groups in total. The quantitative estimate of drug-likeness (QED) is 0.588. The molecular formula is C22H22N6O3. The molecule has 31 heavy (non-hydrogen) atoms. The maximum Gasteiger partial charge on any atom is 0.272 e. The molecule has 6 rings (SSSR count). The van der Waals surface area contributed by atoms with Crippen LogP contribution in [0.5, 0.6) is 0 Å². The molecular weight excluding hydrogens is 396 g/mol. The van der Waals surface area contributed by atoms with Gasteiger partial charge in [-0.15, -0.1) is 0 Å². The molecule has 3 aliphatic rings. The van der Waals surface area contributed by atoms with Crippen LogP contribution in [0.1, 0.15) is 69.9 Å². The third-order valence-electron chi connectivity index (χ3n) is 7.25. The van der Waals surface area contributed by atoms with Crippen molar-refractivity contribution in [1.29, 1.82) is 0 Å². The summed E-state index contributed by atoms with van der Waals surface area (Å²) in [5.74, 6) is -0.465. The minimum absolute atomic E-state index is 0.0952. The second-order valence-electron chi connectivity index (χ2n) is 9.16. The molecule has 2 aliphatic carbocycles. The SMILES string of the molecule is NC(=O)c1nn(C2CC3(CC(c4n[nH]c(=O)c5ccccc45)C3)C2)c2c1C(=O)CNC2. The summed E-state index contributed by atoms with van der Waals surface area (Å²) in [6.45, 7) is 0.718. The first-order valence-electron chi connectivity index (χ1n) is 10.6. The van der Waals surface area contributed by atoms with Crippen molar-refractivity contribution >= 4 is 22.5 Å². The van der Waals surface area contributed by atoms with E-state index in [0.29, 0.717) is 23.4 Å². The highest BCUT2D eigenvalue weighted by atomic mass is 16.1. The fraction of sp³-hybridized carbons (Fsp3) is 0.409. The van der Waals surface area contributed by atoms with Crippen molar-refractivity contribution in [1.82, 2.24) is 25.3 Å². The summed E-state index contributed by atoms with van der Waals surface area (Å²) in [5.41, 5.74) is 7.78. The van der Waals surface area contributed by atoms with Crippen molar-refractivity contribution in [3.05, 3.63) is 57.3 Å². The number of carbonyl (C=O) groups excluding carboxylic acids is 2. The summed E-state index contributed by atoms with van der Waals surface area (Å²) in [6.07, 6.45) is 3.92. The number of hydrogen-bond acceptors (Lipinski definition) is 6. The Morgan fingerprint density at radius 1 is 1.10 bits per heavy atom. The number of ketones is 1. The van der Waals surface area contributed by atoms with Gasteiger partial charge in [0.2, 0.25) is 0 Å². The van der Waals surface area contributed by atoms with E-state index >= 15 is 0 Å². The lowest BCUT2D eigenvalue weighted by atomic mass is 9.49. The molecule has 0 radical (unpaired) electrons. The van der Waals surface area contributed by atoms with E-state index in [9.17, 15) is 14.4 Å². The highest BCUT2D eigenvalue weighted by Gasteiger charge is 2.55. The van der Waals surface area contributed by atoms with Gasteiger partial charge in [0.15, 0.2) is 11.5 Å². The summed E-state index contributed by atoms with van der Waals surface area (Å²) in [7, 11) is 0. The average molecular weight is 418 g/mol. The molecule has 1 aromatic carbocycles. The van der Waals surface area contributed by atoms with Gasteiger partial charge in [0.25, 0.3) is 11.5 Å². The Bertz CT molecular complexity index is 1310. The lowest BCUT2D eigenvalue weighted by Gasteiger charge is -2.57. The molecule has 0 unspecified atom stereocenters. The van der Waals surface area contributed by atoms with E-state index < -0.39 is 5.91 Å². The zero-order chi connectivity index (χ0) is 21.3. The average Bonchev–Trinajstić information content (AvgIpc) is 3.09. The number of carbonyl (C=O) groups is 2. The number of benzene rings is 1. The molecule has 3 aromatic rings. The predicted octanol–water partition coefficient (Wildman–Crippen LogP) is 1.40. The van der Waals surface area contributed by atoms with E-state index in [1.54, 1.807) is 0 Å². The topological polar surface area (TPSA) is 136 Å². The standard InChI is InChI=1S/C22H22N6O3/c23-20(30)19-17-15(9-24-10-16(17)29)28(27-19)12-7-22(8-12)5-11(6-22)18-13-3-1-2-4-14(13)21(31)26-25-18/h1-4,11-12,24H,5-10H2,(H2,23,30)(H,26,31). The lowest BCUT2D eigenvalue weighted by molar-refractivity contribution is -0.0408. The van der Waals surface area contributed by atoms with Gasteiger partial charge in [-0.1, -0.05) is 18.2 Å². The van der Waals surface area contributed by atoms with Crippen molar-refractivity contribution in [2.75, 3.05) is 6.54 Å². The molecule has 2 fully saturated rings. The zero-order valence-electron chi connectivity index (χ0n) is 16.9. The number of nitrogens with one attached hydrogen (secondary N) is 2. The molecule has 0 atom stereocenters. The molecule has 158 valence electrons. The minimum Gasteiger partial charge on any atom is -0.364 e. The van der Waals surface area contributed by atoms with Crippen LogP contribution in [0.25, 0.3) is 10.8 Å². The number of Topliss-reactive ketones (excluding diaryl/α,β-unsaturated/α-hetero) is 1. The van der Waals surface area contributed by atoms with Gasteiger partial charge in [0.1, 0.15) is 0 Å². The first-order valence-corrected chi connectivity index (χ1v) is 10.6. The van der Waals surface area contributed by atoms with E-state index in [2.05, 4.69) is 20.6 Å². The van der Waals surface area contributed by atoms with E-state index in [1.165, 1.54) is 0 Å². The number of nitrogens with two attached hydrogens (primary N) is 1. The summed E-state index contributed by atoms with van der Waals surface area (Å²) >= 11 is 0. The zero-order valence-corrected chi connectivity index (χ0v) is 16.9. The van der Waals surface area contributed by atoms with Crippen molar-refractivity contribution in [3.63, 3.8) is 0 Å². The van der Waals surface area contributed by atoms with Crippen molar-refractivity contribution < 1.29 is 9.59 Å². The smallest absolute Gasteiger partial charge is 0.272 e. The lowest BCUT2D eigenvalue weighted by Crippen LogP contribution is -2.48.